The Hall–Kier alpha value is 1.03. The standard InChI is InChI=1S/CHO2.4CH3.O.2Sn/c2-1-3;;;;;;;/h(H,2,3);4*1H3;;;. The summed E-state index contributed by atoms with van der Waals surface area (Å²) in [7, 11) is 0. The van der Waals surface area contributed by atoms with Crippen LogP contribution in [-0.4, -0.2) is 48.1 Å². The Bertz CT molecular complexity index is 133. The van der Waals surface area contributed by atoms with E-state index in [-0.39, 0.29) is 0 Å². The summed E-state index contributed by atoms with van der Waals surface area (Å²) < 4.78 is 4.84. The van der Waals surface area contributed by atoms with Crippen LogP contribution < -0.4 is 0 Å². The molecule has 10 heavy (non-hydrogen) atoms. The molecular formula is C5H13O3Sn2. The van der Waals surface area contributed by atoms with E-state index in [1.165, 1.54) is 0 Å². The summed E-state index contributed by atoms with van der Waals surface area (Å²) in [5.41, 5.74) is 0. The van der Waals surface area contributed by atoms with E-state index in [1.54, 1.807) is 9.88 Å². The van der Waals surface area contributed by atoms with E-state index in [0.717, 1.165) is 0 Å². The van der Waals surface area contributed by atoms with Crippen LogP contribution in [0.1, 0.15) is 0 Å². The molecule has 5 heteroatoms. The van der Waals surface area contributed by atoms with Crippen molar-refractivity contribution in [2.75, 3.05) is 0 Å². The Balaban J connectivity index is 4.00. The normalized spacial score (nSPS) is 12.1. The van der Waals surface area contributed by atoms with Crippen molar-refractivity contribution in [3.05, 3.63) is 0 Å². The van der Waals surface area contributed by atoms with Crippen LogP contribution in [0.3, 0.4) is 0 Å². The third-order valence-corrected chi connectivity index (χ3v) is 24.1. The van der Waals surface area contributed by atoms with Gasteiger partial charge in [-0.15, -0.1) is 0 Å². The third-order valence-electron chi connectivity index (χ3n) is 0.974. The van der Waals surface area contributed by atoms with Crippen molar-refractivity contribution in [3.63, 3.8) is 0 Å². The van der Waals surface area contributed by atoms with Crippen LogP contribution in [0.2, 0.25) is 19.8 Å². The Morgan fingerprint density at radius 2 is 1.90 bits per heavy atom. The quantitative estimate of drug-likeness (QED) is 0.782. The SMILES string of the molecule is [CH3][Sn]([CH3])[O][Sn]([CH3])([CH3])[C](=O)O. The summed E-state index contributed by atoms with van der Waals surface area (Å²) in [6.07, 6.45) is 0. The van der Waals surface area contributed by atoms with Gasteiger partial charge in [-0.25, -0.2) is 0 Å². The molecule has 0 fully saturated rings. The molecular weight excluding hydrogens is 345 g/mol. The molecule has 0 rings (SSSR count). The predicted molar refractivity (Wildman–Crippen MR) is 44.1 cm³/mol. The molecule has 0 aliphatic rings. The third kappa shape index (κ3) is 4.02. The summed E-state index contributed by atoms with van der Waals surface area (Å²) in [4.78, 5) is 18.3. The average Bonchev–Trinajstić information content (AvgIpc) is 1.60. The van der Waals surface area contributed by atoms with Crippen molar-refractivity contribution in [1.29, 1.82) is 0 Å². The zero-order valence-corrected chi connectivity index (χ0v) is 12.5. The Kier molecular flexibility index (Phi) is 4.58. The molecule has 3 nitrogen and oxygen atoms in total. The summed E-state index contributed by atoms with van der Waals surface area (Å²) in [6, 6.07) is 0. The van der Waals surface area contributed by atoms with Gasteiger partial charge in [0.25, 0.3) is 0 Å². The van der Waals surface area contributed by atoms with Crippen molar-refractivity contribution < 1.29 is 11.3 Å². The second kappa shape index (κ2) is 4.15. The van der Waals surface area contributed by atoms with Gasteiger partial charge < -0.3 is 0 Å². The molecule has 0 aromatic carbocycles. The van der Waals surface area contributed by atoms with Crippen LogP contribution in [0, 0.1) is 0 Å². The molecule has 0 unspecified atom stereocenters. The van der Waals surface area contributed by atoms with Crippen LogP contribution in [0.15, 0.2) is 0 Å². The van der Waals surface area contributed by atoms with Crippen molar-refractivity contribution >= 4 is 43.0 Å². The number of hydrogen-bond donors (Lipinski definition) is 1. The van der Waals surface area contributed by atoms with Crippen LogP contribution in [-0.2, 0) is 1.41 Å². The Morgan fingerprint density at radius 1 is 1.50 bits per heavy atom. The topological polar surface area (TPSA) is 46.5 Å². The maximum atomic E-state index is 10.6. The fourth-order valence-electron chi connectivity index (χ4n) is 0.554. The van der Waals surface area contributed by atoms with Crippen LogP contribution in [0.25, 0.3) is 0 Å². The summed E-state index contributed by atoms with van der Waals surface area (Å²) in [5, 5.41) is 8.69. The number of carboxylic acid groups (broad SMARTS) is 1. The van der Waals surface area contributed by atoms with Gasteiger partial charge in [0.05, 0.1) is 0 Å². The molecule has 0 heterocycles. The molecule has 0 spiro atoms. The molecule has 0 aliphatic carbocycles. The molecule has 0 saturated carbocycles. The Labute approximate surface area is 73.5 Å². The minimum atomic E-state index is -3.04. The first-order chi connectivity index (χ1) is 4.36. The van der Waals surface area contributed by atoms with E-state index in [1.807, 2.05) is 0 Å². The summed E-state index contributed by atoms with van der Waals surface area (Å²) in [6.45, 7) is 0. The van der Waals surface area contributed by atoms with Crippen molar-refractivity contribution in [3.8, 4) is 0 Å². The fourth-order valence-corrected chi connectivity index (χ4v) is 24.9. The van der Waals surface area contributed by atoms with E-state index in [2.05, 4.69) is 9.88 Å². The molecule has 0 amide bonds. The monoisotopic (exact) mass is 361 g/mol. The van der Waals surface area contributed by atoms with Gasteiger partial charge in [0.15, 0.2) is 0 Å². The predicted octanol–water partition coefficient (Wildman–Crippen LogP) is 1.72. The van der Waals surface area contributed by atoms with Gasteiger partial charge >= 0.3 is 74.0 Å². The zero-order chi connectivity index (χ0) is 8.36. The first kappa shape index (κ1) is 11.0. The van der Waals surface area contributed by atoms with Gasteiger partial charge in [-0.05, 0) is 0 Å². The van der Waals surface area contributed by atoms with Gasteiger partial charge in [0.2, 0.25) is 0 Å². The van der Waals surface area contributed by atoms with E-state index in [9.17, 15) is 4.79 Å². The van der Waals surface area contributed by atoms with Crippen LogP contribution in [0.5, 0.6) is 0 Å². The van der Waals surface area contributed by atoms with Crippen molar-refractivity contribution in [2.45, 2.75) is 19.8 Å². The molecule has 0 aromatic heterocycles. The van der Waals surface area contributed by atoms with E-state index in [0.29, 0.717) is 0 Å². The van der Waals surface area contributed by atoms with Gasteiger partial charge in [-0.2, -0.15) is 0 Å². The molecule has 59 valence electrons. The molecule has 0 aliphatic heterocycles. The fraction of sp³-hybridized carbons (Fsp3) is 0.800. The molecule has 0 aromatic rings. The minimum absolute atomic E-state index is 0.670. The summed E-state index contributed by atoms with van der Waals surface area (Å²) >= 11 is -4.67. The van der Waals surface area contributed by atoms with Gasteiger partial charge in [-0.3, -0.25) is 0 Å². The molecule has 1 radical (unpaired) electrons. The summed E-state index contributed by atoms with van der Waals surface area (Å²) in [5.74, 6) is 0. The number of hydrogen-bond acceptors (Lipinski definition) is 2. The zero-order valence-electron chi connectivity index (χ0n) is 6.76. The second-order valence-electron chi connectivity index (χ2n) is 2.83. The van der Waals surface area contributed by atoms with Crippen molar-refractivity contribution in [1.82, 2.24) is 0 Å². The Morgan fingerprint density at radius 3 is 2.00 bits per heavy atom. The molecule has 0 atom stereocenters. The second-order valence-corrected chi connectivity index (χ2v) is 22.3. The van der Waals surface area contributed by atoms with Crippen LogP contribution >= 0.6 is 0 Å². The van der Waals surface area contributed by atoms with Gasteiger partial charge in [-0.1, -0.05) is 0 Å². The molecule has 0 bridgehead atoms. The molecule has 1 N–H and O–H groups in total. The van der Waals surface area contributed by atoms with Crippen LogP contribution in [0.4, 0.5) is 4.79 Å². The number of rotatable bonds is 3. The first-order valence-electron chi connectivity index (χ1n) is 3.09. The molecule has 0 saturated heterocycles. The van der Waals surface area contributed by atoms with E-state index >= 15 is 0 Å². The van der Waals surface area contributed by atoms with Gasteiger partial charge in [0.1, 0.15) is 0 Å². The van der Waals surface area contributed by atoms with Crippen molar-refractivity contribution in [2.24, 2.45) is 0 Å². The number of carbonyl (C=O) groups is 1. The van der Waals surface area contributed by atoms with Gasteiger partial charge in [0, 0.05) is 0 Å². The van der Waals surface area contributed by atoms with E-state index in [4.69, 9.17) is 6.52 Å². The maximum absolute atomic E-state index is 10.6. The van der Waals surface area contributed by atoms with E-state index < -0.39 is 43.0 Å². The average molecular weight is 359 g/mol. The first-order valence-corrected chi connectivity index (χ1v) is 18.3.